The largest absolute Gasteiger partial charge is 0.315 e. The molecule has 0 amide bonds. The van der Waals surface area contributed by atoms with Crippen molar-refractivity contribution in [1.82, 2.24) is 10.2 Å². The van der Waals surface area contributed by atoms with Gasteiger partial charge in [-0.05, 0) is 44.7 Å². The summed E-state index contributed by atoms with van der Waals surface area (Å²) in [5.41, 5.74) is 0. The van der Waals surface area contributed by atoms with Gasteiger partial charge in [0, 0.05) is 24.9 Å². The Morgan fingerprint density at radius 3 is 2.67 bits per heavy atom. The van der Waals surface area contributed by atoms with E-state index in [1.807, 2.05) is 6.92 Å². The zero-order valence-electron chi connectivity index (χ0n) is 11.4. The average molecular weight is 274 g/mol. The molecule has 1 saturated carbocycles. The van der Waals surface area contributed by atoms with Crippen molar-refractivity contribution in [2.24, 2.45) is 5.92 Å². The van der Waals surface area contributed by atoms with Crippen LogP contribution in [0, 0.1) is 5.92 Å². The molecule has 1 saturated heterocycles. The monoisotopic (exact) mass is 274 g/mol. The van der Waals surface area contributed by atoms with Crippen molar-refractivity contribution in [2.75, 3.05) is 37.7 Å². The summed E-state index contributed by atoms with van der Waals surface area (Å²) < 4.78 is 23.1. The van der Waals surface area contributed by atoms with Crippen LogP contribution in [0.2, 0.25) is 0 Å². The second kappa shape index (κ2) is 6.35. The molecule has 0 aromatic rings. The number of likely N-dealkylation sites (tertiary alicyclic amines) is 1. The normalized spacial score (nSPS) is 25.7. The van der Waals surface area contributed by atoms with E-state index in [2.05, 4.69) is 10.2 Å². The molecule has 1 N–H and O–H groups in total. The van der Waals surface area contributed by atoms with Gasteiger partial charge in [-0.1, -0.05) is 6.92 Å². The van der Waals surface area contributed by atoms with Gasteiger partial charge in [0.15, 0.2) is 9.84 Å². The van der Waals surface area contributed by atoms with Gasteiger partial charge < -0.3 is 10.2 Å². The highest BCUT2D eigenvalue weighted by Gasteiger charge is 2.33. The summed E-state index contributed by atoms with van der Waals surface area (Å²) in [6, 6.07) is 0.875. The minimum Gasteiger partial charge on any atom is -0.315 e. The first-order valence-corrected chi connectivity index (χ1v) is 9.08. The molecule has 1 unspecified atom stereocenters. The molecular weight excluding hydrogens is 248 g/mol. The van der Waals surface area contributed by atoms with Crippen molar-refractivity contribution in [3.05, 3.63) is 0 Å². The molecule has 0 aromatic carbocycles. The molecular formula is C13H26N2O2S. The maximum absolute atomic E-state index is 11.5. The molecule has 1 aliphatic carbocycles. The maximum atomic E-state index is 11.5. The quantitative estimate of drug-likeness (QED) is 0.668. The van der Waals surface area contributed by atoms with Crippen LogP contribution >= 0.6 is 0 Å². The predicted molar refractivity (Wildman–Crippen MR) is 74.5 cm³/mol. The van der Waals surface area contributed by atoms with Crippen molar-refractivity contribution < 1.29 is 8.42 Å². The summed E-state index contributed by atoms with van der Waals surface area (Å²) in [6.07, 6.45) is 4.76. The first-order valence-electron chi connectivity index (χ1n) is 7.26. The van der Waals surface area contributed by atoms with Gasteiger partial charge >= 0.3 is 0 Å². The molecule has 1 heterocycles. The van der Waals surface area contributed by atoms with E-state index < -0.39 is 9.84 Å². The van der Waals surface area contributed by atoms with Gasteiger partial charge in [-0.2, -0.15) is 0 Å². The molecule has 1 atom stereocenters. The van der Waals surface area contributed by atoms with E-state index in [4.69, 9.17) is 0 Å². The average Bonchev–Trinajstić information content (AvgIpc) is 3.05. The number of rotatable bonds is 8. The zero-order valence-corrected chi connectivity index (χ0v) is 12.2. The van der Waals surface area contributed by atoms with E-state index in [0.717, 1.165) is 24.9 Å². The molecule has 0 bridgehead atoms. The van der Waals surface area contributed by atoms with Crippen LogP contribution in [0.15, 0.2) is 0 Å². The molecule has 0 radical (unpaired) electrons. The predicted octanol–water partition coefficient (Wildman–Crippen LogP) is 0.885. The van der Waals surface area contributed by atoms with Gasteiger partial charge in [-0.3, -0.25) is 0 Å². The molecule has 2 fully saturated rings. The number of hydrogen-bond acceptors (Lipinski definition) is 4. The van der Waals surface area contributed by atoms with Crippen LogP contribution in [0.1, 0.15) is 32.6 Å². The van der Waals surface area contributed by atoms with Crippen molar-refractivity contribution in [3.8, 4) is 0 Å². The molecule has 18 heavy (non-hydrogen) atoms. The Bertz CT molecular complexity index is 352. The molecule has 5 heteroatoms. The number of hydrogen-bond donors (Lipinski definition) is 1. The number of nitrogens with zero attached hydrogens (tertiary/aromatic N) is 1. The first-order chi connectivity index (χ1) is 8.61. The van der Waals surface area contributed by atoms with Crippen LogP contribution in [0.25, 0.3) is 0 Å². The second-order valence-corrected chi connectivity index (χ2v) is 8.04. The van der Waals surface area contributed by atoms with Crippen molar-refractivity contribution in [3.63, 3.8) is 0 Å². The van der Waals surface area contributed by atoms with E-state index in [1.165, 1.54) is 32.4 Å². The highest BCUT2D eigenvalue weighted by Crippen LogP contribution is 2.31. The van der Waals surface area contributed by atoms with Crippen molar-refractivity contribution >= 4 is 9.84 Å². The fourth-order valence-corrected chi connectivity index (χ4v) is 4.03. The van der Waals surface area contributed by atoms with E-state index in [-0.39, 0.29) is 0 Å². The number of nitrogens with one attached hydrogen (secondary N) is 1. The van der Waals surface area contributed by atoms with Crippen LogP contribution in [0.4, 0.5) is 0 Å². The maximum Gasteiger partial charge on any atom is 0.151 e. The molecule has 4 nitrogen and oxygen atoms in total. The Balaban J connectivity index is 1.56. The zero-order chi connectivity index (χ0) is 13.0. The lowest BCUT2D eigenvalue weighted by molar-refractivity contribution is 0.312. The van der Waals surface area contributed by atoms with Crippen molar-refractivity contribution in [2.45, 2.75) is 38.6 Å². The minimum absolute atomic E-state index is 0.292. The van der Waals surface area contributed by atoms with Crippen LogP contribution in [-0.4, -0.2) is 57.0 Å². The number of sulfone groups is 1. The lowest BCUT2D eigenvalue weighted by Gasteiger charge is -2.15. The minimum atomic E-state index is -2.81. The fraction of sp³-hybridized carbons (Fsp3) is 1.00. The molecule has 0 aromatic heterocycles. The Morgan fingerprint density at radius 2 is 2.00 bits per heavy atom. The van der Waals surface area contributed by atoms with Gasteiger partial charge in [-0.15, -0.1) is 0 Å². The first kappa shape index (κ1) is 14.3. The third-order valence-electron chi connectivity index (χ3n) is 3.92. The highest BCUT2D eigenvalue weighted by atomic mass is 32.2. The second-order valence-electron chi connectivity index (χ2n) is 5.74. The van der Waals surface area contributed by atoms with E-state index in [9.17, 15) is 8.42 Å². The molecule has 2 rings (SSSR count). The van der Waals surface area contributed by atoms with Crippen LogP contribution in [-0.2, 0) is 9.84 Å². The summed E-state index contributed by atoms with van der Waals surface area (Å²) in [5.74, 6) is 1.34. The lowest BCUT2D eigenvalue weighted by Crippen LogP contribution is -2.30. The van der Waals surface area contributed by atoms with Gasteiger partial charge in [-0.25, -0.2) is 8.42 Å². The molecule has 1 aliphatic heterocycles. The SMILES string of the molecule is CCCS(=O)(=O)CCNCC1CCN(C2CC2)C1. The lowest BCUT2D eigenvalue weighted by atomic mass is 10.1. The summed E-state index contributed by atoms with van der Waals surface area (Å²) >= 11 is 0. The Hall–Kier alpha value is -0.130. The molecule has 106 valence electrons. The summed E-state index contributed by atoms with van der Waals surface area (Å²) in [7, 11) is -2.81. The third kappa shape index (κ3) is 4.52. The van der Waals surface area contributed by atoms with E-state index in [1.54, 1.807) is 0 Å². The molecule has 2 aliphatic rings. The van der Waals surface area contributed by atoms with E-state index >= 15 is 0 Å². The van der Waals surface area contributed by atoms with E-state index in [0.29, 0.717) is 18.1 Å². The van der Waals surface area contributed by atoms with Crippen LogP contribution < -0.4 is 5.32 Å². The Morgan fingerprint density at radius 1 is 1.22 bits per heavy atom. The summed E-state index contributed by atoms with van der Waals surface area (Å²) in [5, 5.41) is 3.32. The third-order valence-corrected chi connectivity index (χ3v) is 5.77. The van der Waals surface area contributed by atoms with Gasteiger partial charge in [0.25, 0.3) is 0 Å². The topological polar surface area (TPSA) is 49.4 Å². The standard InChI is InChI=1S/C13H26N2O2S/c1-2-8-18(16,17)9-6-14-10-12-5-7-15(11-12)13-3-4-13/h12-14H,2-11H2,1H3. The summed E-state index contributed by atoms with van der Waals surface area (Å²) in [4.78, 5) is 2.60. The molecule has 0 spiro atoms. The highest BCUT2D eigenvalue weighted by molar-refractivity contribution is 7.91. The fourth-order valence-electron chi connectivity index (χ4n) is 2.75. The smallest absolute Gasteiger partial charge is 0.151 e. The van der Waals surface area contributed by atoms with Gasteiger partial charge in [0.2, 0.25) is 0 Å². The Labute approximate surface area is 111 Å². The van der Waals surface area contributed by atoms with Crippen LogP contribution in [0.3, 0.4) is 0 Å². The van der Waals surface area contributed by atoms with Gasteiger partial charge in [0.05, 0.1) is 5.75 Å². The van der Waals surface area contributed by atoms with Gasteiger partial charge in [0.1, 0.15) is 0 Å². The summed E-state index contributed by atoms with van der Waals surface area (Å²) in [6.45, 7) is 5.95. The Kier molecular flexibility index (Phi) is 5.04. The van der Waals surface area contributed by atoms with Crippen LogP contribution in [0.5, 0.6) is 0 Å². The van der Waals surface area contributed by atoms with Crippen molar-refractivity contribution in [1.29, 1.82) is 0 Å².